The number of carbonyl (C=O) groups excluding carboxylic acids is 1. The zero-order valence-electron chi connectivity index (χ0n) is 13.9. The molecular formula is C19H12BF3N2O2. The minimum atomic E-state index is -1.07. The Bertz CT molecular complexity index is 1060. The van der Waals surface area contributed by atoms with Crippen molar-refractivity contribution >= 4 is 24.9 Å². The summed E-state index contributed by atoms with van der Waals surface area (Å²) in [6, 6.07) is 10.0. The third-order valence-corrected chi connectivity index (χ3v) is 3.88. The zero-order valence-corrected chi connectivity index (χ0v) is 13.9. The molecule has 4 nitrogen and oxygen atoms in total. The third-order valence-electron chi connectivity index (χ3n) is 3.88. The summed E-state index contributed by atoms with van der Waals surface area (Å²) in [6.07, 6.45) is 1.34. The zero-order chi connectivity index (χ0) is 19.6. The summed E-state index contributed by atoms with van der Waals surface area (Å²) in [6.45, 7) is 0.0664. The van der Waals surface area contributed by atoms with Crippen molar-refractivity contribution in [2.24, 2.45) is 0 Å². The van der Waals surface area contributed by atoms with Gasteiger partial charge in [0.1, 0.15) is 30.9 Å². The standard InChI is InChI=1S/C19H12BF3N2O2/c20-17-15(24-18(26)16-13(22)5-2-6-14(16)23)7-8-25(19(17)27)10-11-3-1-4-12(21)9-11/h1-9H,10H2,(H,24,26). The van der Waals surface area contributed by atoms with Crippen LogP contribution in [-0.2, 0) is 6.54 Å². The highest BCUT2D eigenvalue weighted by atomic mass is 19.1. The number of halogens is 3. The van der Waals surface area contributed by atoms with E-state index < -0.39 is 34.5 Å². The van der Waals surface area contributed by atoms with Crippen molar-refractivity contribution in [2.75, 3.05) is 5.32 Å². The van der Waals surface area contributed by atoms with Gasteiger partial charge in [-0.15, -0.1) is 0 Å². The van der Waals surface area contributed by atoms with Crippen molar-refractivity contribution < 1.29 is 18.0 Å². The van der Waals surface area contributed by atoms with Gasteiger partial charge in [-0.3, -0.25) is 9.59 Å². The molecule has 0 saturated heterocycles. The molecule has 2 radical (unpaired) electrons. The lowest BCUT2D eigenvalue weighted by molar-refractivity contribution is 0.101. The van der Waals surface area contributed by atoms with Crippen LogP contribution in [0.3, 0.4) is 0 Å². The van der Waals surface area contributed by atoms with Crippen LogP contribution in [0.2, 0.25) is 0 Å². The van der Waals surface area contributed by atoms with Gasteiger partial charge in [0, 0.05) is 11.9 Å². The van der Waals surface area contributed by atoms with Gasteiger partial charge < -0.3 is 9.88 Å². The van der Waals surface area contributed by atoms with Crippen molar-refractivity contribution in [1.29, 1.82) is 0 Å². The summed E-state index contributed by atoms with van der Waals surface area (Å²) in [5, 5.41) is 2.23. The van der Waals surface area contributed by atoms with Crippen molar-refractivity contribution in [3.63, 3.8) is 0 Å². The molecule has 0 bridgehead atoms. The first kappa shape index (κ1) is 18.5. The molecule has 27 heavy (non-hydrogen) atoms. The number of rotatable bonds is 4. The molecule has 0 fully saturated rings. The largest absolute Gasteiger partial charge is 0.322 e. The average Bonchev–Trinajstić information content (AvgIpc) is 2.61. The Kier molecular flexibility index (Phi) is 5.16. The van der Waals surface area contributed by atoms with Crippen molar-refractivity contribution in [2.45, 2.75) is 6.54 Å². The van der Waals surface area contributed by atoms with Gasteiger partial charge in [-0.25, -0.2) is 13.2 Å². The smallest absolute Gasteiger partial charge is 0.261 e. The van der Waals surface area contributed by atoms with Crippen LogP contribution in [0.25, 0.3) is 0 Å². The molecule has 1 aromatic heterocycles. The quantitative estimate of drug-likeness (QED) is 0.719. The molecule has 134 valence electrons. The maximum absolute atomic E-state index is 13.7. The van der Waals surface area contributed by atoms with E-state index in [4.69, 9.17) is 7.85 Å². The SMILES string of the molecule is [B]c1c(NC(=O)c2c(F)cccc2F)ccn(Cc2cccc(F)c2)c1=O. The Morgan fingerprint density at radius 2 is 1.70 bits per heavy atom. The first-order chi connectivity index (χ1) is 12.9. The lowest BCUT2D eigenvalue weighted by Gasteiger charge is -2.13. The molecule has 0 aliphatic rings. The number of pyridine rings is 1. The van der Waals surface area contributed by atoms with E-state index in [-0.39, 0.29) is 17.7 Å². The Morgan fingerprint density at radius 3 is 2.37 bits per heavy atom. The molecule has 0 aliphatic heterocycles. The van der Waals surface area contributed by atoms with Crippen LogP contribution in [0.15, 0.2) is 59.5 Å². The van der Waals surface area contributed by atoms with Crippen LogP contribution in [-0.4, -0.2) is 18.3 Å². The highest BCUT2D eigenvalue weighted by Crippen LogP contribution is 2.14. The minimum Gasteiger partial charge on any atom is -0.322 e. The topological polar surface area (TPSA) is 51.1 Å². The van der Waals surface area contributed by atoms with Crippen LogP contribution >= 0.6 is 0 Å². The van der Waals surface area contributed by atoms with Crippen LogP contribution in [0.4, 0.5) is 18.9 Å². The highest BCUT2D eigenvalue weighted by molar-refractivity contribution is 6.36. The maximum Gasteiger partial charge on any atom is 0.261 e. The number of hydrogen-bond donors (Lipinski definition) is 1. The highest BCUT2D eigenvalue weighted by Gasteiger charge is 2.18. The number of hydrogen-bond acceptors (Lipinski definition) is 2. The second-order valence-electron chi connectivity index (χ2n) is 5.76. The monoisotopic (exact) mass is 368 g/mol. The summed E-state index contributed by atoms with van der Waals surface area (Å²) < 4.78 is 41.9. The number of aromatic nitrogens is 1. The second-order valence-corrected chi connectivity index (χ2v) is 5.76. The van der Waals surface area contributed by atoms with E-state index in [2.05, 4.69) is 5.32 Å². The number of carbonyl (C=O) groups is 1. The first-order valence-corrected chi connectivity index (χ1v) is 7.85. The van der Waals surface area contributed by atoms with E-state index in [1.165, 1.54) is 35.0 Å². The van der Waals surface area contributed by atoms with Gasteiger partial charge in [-0.2, -0.15) is 0 Å². The van der Waals surface area contributed by atoms with Crippen LogP contribution in [0, 0.1) is 17.5 Å². The second kappa shape index (κ2) is 7.53. The van der Waals surface area contributed by atoms with E-state index in [1.807, 2.05) is 0 Å². The summed E-state index contributed by atoms with van der Waals surface area (Å²) in [7, 11) is 5.76. The number of nitrogens with one attached hydrogen (secondary N) is 1. The molecule has 1 N–H and O–H groups in total. The van der Waals surface area contributed by atoms with Crippen molar-refractivity contribution in [3.05, 3.63) is 93.7 Å². The number of anilines is 1. The molecule has 3 aromatic rings. The van der Waals surface area contributed by atoms with E-state index >= 15 is 0 Å². The van der Waals surface area contributed by atoms with Gasteiger partial charge in [0.05, 0.1) is 6.54 Å². The number of amides is 1. The van der Waals surface area contributed by atoms with Gasteiger partial charge >= 0.3 is 0 Å². The van der Waals surface area contributed by atoms with Gasteiger partial charge in [-0.1, -0.05) is 18.2 Å². The van der Waals surface area contributed by atoms with E-state index in [9.17, 15) is 22.8 Å². The number of benzene rings is 2. The molecule has 8 heteroatoms. The molecule has 0 spiro atoms. The molecule has 0 saturated carbocycles. The van der Waals surface area contributed by atoms with Crippen LogP contribution in [0.1, 0.15) is 15.9 Å². The minimum absolute atomic E-state index is 0.0664. The lowest BCUT2D eigenvalue weighted by Crippen LogP contribution is -2.37. The van der Waals surface area contributed by atoms with E-state index in [1.54, 1.807) is 6.07 Å². The molecular weight excluding hydrogens is 356 g/mol. The fourth-order valence-corrected chi connectivity index (χ4v) is 2.56. The normalized spacial score (nSPS) is 10.6. The summed E-state index contributed by atoms with van der Waals surface area (Å²) in [5.74, 6) is -3.58. The van der Waals surface area contributed by atoms with Gasteiger partial charge in [-0.05, 0) is 41.4 Å². The first-order valence-electron chi connectivity index (χ1n) is 7.85. The lowest BCUT2D eigenvalue weighted by atomic mass is 9.95. The fourth-order valence-electron chi connectivity index (χ4n) is 2.56. The van der Waals surface area contributed by atoms with Gasteiger partial charge in [0.2, 0.25) is 5.56 Å². The Hall–Kier alpha value is -3.29. The molecule has 0 aliphatic carbocycles. The maximum atomic E-state index is 13.7. The summed E-state index contributed by atoms with van der Waals surface area (Å²) in [5.41, 5.74) is -1.25. The van der Waals surface area contributed by atoms with Gasteiger partial charge in [0.15, 0.2) is 0 Å². The molecule has 0 atom stereocenters. The van der Waals surface area contributed by atoms with Crippen molar-refractivity contribution in [1.82, 2.24) is 4.57 Å². The van der Waals surface area contributed by atoms with Crippen molar-refractivity contribution in [3.8, 4) is 0 Å². The molecule has 2 aromatic carbocycles. The summed E-state index contributed by atoms with van der Waals surface area (Å²) >= 11 is 0. The Labute approximate surface area is 153 Å². The summed E-state index contributed by atoms with van der Waals surface area (Å²) in [4.78, 5) is 24.5. The van der Waals surface area contributed by atoms with Crippen LogP contribution < -0.4 is 16.3 Å². The molecule has 0 unspecified atom stereocenters. The predicted octanol–water partition coefficient (Wildman–Crippen LogP) is 2.36. The third kappa shape index (κ3) is 3.94. The number of nitrogens with zero attached hydrogens (tertiary/aromatic N) is 1. The fraction of sp³-hybridized carbons (Fsp3) is 0.0526. The van der Waals surface area contributed by atoms with E-state index in [0.717, 1.165) is 18.2 Å². The Balaban J connectivity index is 1.87. The average molecular weight is 368 g/mol. The predicted molar refractivity (Wildman–Crippen MR) is 95.9 cm³/mol. The van der Waals surface area contributed by atoms with E-state index in [0.29, 0.717) is 5.56 Å². The molecule has 3 rings (SSSR count). The molecule has 1 amide bonds. The van der Waals surface area contributed by atoms with Gasteiger partial charge in [0.25, 0.3) is 5.91 Å². The van der Waals surface area contributed by atoms with Crippen LogP contribution in [0.5, 0.6) is 0 Å². The Morgan fingerprint density at radius 1 is 1.04 bits per heavy atom. The molecule has 1 heterocycles.